The van der Waals surface area contributed by atoms with Crippen molar-refractivity contribution in [2.45, 2.75) is 32.7 Å². The van der Waals surface area contributed by atoms with E-state index in [2.05, 4.69) is 12.1 Å². The van der Waals surface area contributed by atoms with Crippen LogP contribution in [0, 0.1) is 0 Å². The third kappa shape index (κ3) is 3.11. The molecule has 66 valence electrons. The first-order valence-corrected chi connectivity index (χ1v) is 3.83. The summed E-state index contributed by atoms with van der Waals surface area (Å²) in [5, 5.41) is 11.3. The highest BCUT2D eigenvalue weighted by Crippen LogP contribution is 2.02. The Kier molecular flexibility index (Phi) is 4.41. The number of hydrogen-bond acceptors (Lipinski definition) is 2. The van der Waals surface area contributed by atoms with Crippen molar-refractivity contribution in [2.24, 2.45) is 10.9 Å². The highest BCUT2D eigenvalue weighted by molar-refractivity contribution is 5.77. The molecule has 0 heterocycles. The van der Waals surface area contributed by atoms with Gasteiger partial charge in [-0.2, -0.15) is 0 Å². The Labute approximate surface area is 67.7 Å². The fraction of sp³-hybridized carbons (Fsp3) is 0.857. The quantitative estimate of drug-likeness (QED) is 0.277. The minimum Gasteiger partial charge on any atom is -0.408 e. The van der Waals surface area contributed by atoms with Crippen LogP contribution in [0.25, 0.3) is 0 Å². The molecule has 0 fully saturated rings. The van der Waals surface area contributed by atoms with E-state index < -0.39 is 0 Å². The van der Waals surface area contributed by atoms with Crippen LogP contribution in [0.1, 0.15) is 26.7 Å². The summed E-state index contributed by atoms with van der Waals surface area (Å²) in [5.74, 6) is 0.172. The molecule has 0 rings (SSSR count). The zero-order valence-corrected chi connectivity index (χ0v) is 7.41. The van der Waals surface area contributed by atoms with Crippen LogP contribution in [0.2, 0.25) is 0 Å². The zero-order chi connectivity index (χ0) is 8.85. The minimum absolute atomic E-state index is 0.172. The first kappa shape index (κ1) is 10.1. The molecule has 0 spiro atoms. The van der Waals surface area contributed by atoms with Gasteiger partial charge in [-0.3, -0.25) is 0 Å². The van der Waals surface area contributed by atoms with Crippen LogP contribution in [0.15, 0.2) is 5.16 Å². The first-order valence-electron chi connectivity index (χ1n) is 3.83. The molecule has 4 heteroatoms. The lowest BCUT2D eigenvalue weighted by Gasteiger charge is -2.24. The topological polar surface area (TPSA) is 61.8 Å². The van der Waals surface area contributed by atoms with E-state index in [0.717, 1.165) is 12.8 Å². The number of rotatable bonds is 3. The molecule has 0 bridgehead atoms. The molecular formula is C7H17N3O. The predicted octanol–water partition coefficient (Wildman–Crippen LogP) is 0.811. The maximum Gasteiger partial charge on any atom is 0.233 e. The Bertz CT molecular complexity index is 136. The third-order valence-electron chi connectivity index (χ3n) is 1.83. The summed E-state index contributed by atoms with van der Waals surface area (Å²) in [6, 6.07) is 0.330. The highest BCUT2D eigenvalue weighted by Gasteiger charge is 2.09. The molecule has 0 aromatic rings. The highest BCUT2D eigenvalue weighted by atomic mass is 16.4. The van der Waals surface area contributed by atoms with Crippen LogP contribution in [-0.4, -0.2) is 29.2 Å². The Morgan fingerprint density at radius 2 is 2.27 bits per heavy atom. The normalized spacial score (nSPS) is 14.6. The van der Waals surface area contributed by atoms with Gasteiger partial charge < -0.3 is 15.8 Å². The van der Waals surface area contributed by atoms with Gasteiger partial charge in [0.25, 0.3) is 0 Å². The van der Waals surface area contributed by atoms with E-state index in [4.69, 9.17) is 10.9 Å². The first-order chi connectivity index (χ1) is 5.13. The van der Waals surface area contributed by atoms with Gasteiger partial charge in [0.15, 0.2) is 0 Å². The van der Waals surface area contributed by atoms with Crippen LogP contribution in [-0.2, 0) is 0 Å². The summed E-state index contributed by atoms with van der Waals surface area (Å²) in [6.45, 7) is 4.15. The van der Waals surface area contributed by atoms with E-state index in [9.17, 15) is 0 Å². The molecule has 0 saturated heterocycles. The van der Waals surface area contributed by atoms with E-state index in [1.807, 2.05) is 14.0 Å². The number of oxime groups is 1. The van der Waals surface area contributed by atoms with Crippen molar-refractivity contribution >= 4 is 5.96 Å². The van der Waals surface area contributed by atoms with Gasteiger partial charge in [-0.1, -0.05) is 18.5 Å². The molecule has 0 saturated carbocycles. The van der Waals surface area contributed by atoms with Gasteiger partial charge in [0.1, 0.15) is 0 Å². The molecule has 0 aromatic heterocycles. The summed E-state index contributed by atoms with van der Waals surface area (Å²) in [5.41, 5.74) is 5.37. The van der Waals surface area contributed by atoms with Crippen LogP contribution in [0.3, 0.4) is 0 Å². The Morgan fingerprint density at radius 1 is 1.73 bits per heavy atom. The van der Waals surface area contributed by atoms with Gasteiger partial charge in [0.2, 0.25) is 5.96 Å². The van der Waals surface area contributed by atoms with Gasteiger partial charge in [-0.25, -0.2) is 0 Å². The minimum atomic E-state index is 0.172. The van der Waals surface area contributed by atoms with Crippen LogP contribution >= 0.6 is 0 Å². The number of nitrogens with zero attached hydrogens (tertiary/aromatic N) is 2. The molecule has 0 aromatic carbocycles. The number of nitrogens with two attached hydrogens (primary N) is 1. The molecule has 0 aliphatic rings. The molecule has 0 aliphatic heterocycles. The molecule has 1 atom stereocenters. The van der Waals surface area contributed by atoms with Crippen molar-refractivity contribution in [3.8, 4) is 0 Å². The van der Waals surface area contributed by atoms with Crippen LogP contribution in [0.4, 0.5) is 0 Å². The van der Waals surface area contributed by atoms with Crippen molar-refractivity contribution in [1.82, 2.24) is 4.90 Å². The van der Waals surface area contributed by atoms with Gasteiger partial charge in [0.05, 0.1) is 0 Å². The van der Waals surface area contributed by atoms with Gasteiger partial charge in [-0.15, -0.1) is 0 Å². The molecule has 0 radical (unpaired) electrons. The summed E-state index contributed by atoms with van der Waals surface area (Å²) < 4.78 is 0. The van der Waals surface area contributed by atoms with Crippen molar-refractivity contribution in [1.29, 1.82) is 0 Å². The van der Waals surface area contributed by atoms with E-state index in [1.165, 1.54) is 0 Å². The smallest absolute Gasteiger partial charge is 0.233 e. The van der Waals surface area contributed by atoms with Crippen molar-refractivity contribution < 1.29 is 5.21 Å². The maximum atomic E-state index is 8.34. The Balaban J connectivity index is 3.91. The number of guanidine groups is 1. The molecule has 0 amide bonds. The SMILES string of the molecule is CCCC(C)N(C)/C(N)=N/O. The van der Waals surface area contributed by atoms with E-state index >= 15 is 0 Å². The van der Waals surface area contributed by atoms with Crippen LogP contribution in [0.5, 0.6) is 0 Å². The molecule has 0 aliphatic carbocycles. The molecule has 1 unspecified atom stereocenters. The van der Waals surface area contributed by atoms with E-state index in [0.29, 0.717) is 6.04 Å². The fourth-order valence-corrected chi connectivity index (χ4v) is 0.908. The Morgan fingerprint density at radius 3 is 2.64 bits per heavy atom. The average Bonchev–Trinajstić information content (AvgIpc) is 2.02. The van der Waals surface area contributed by atoms with Gasteiger partial charge in [0, 0.05) is 13.1 Å². The van der Waals surface area contributed by atoms with E-state index in [1.54, 1.807) is 4.90 Å². The zero-order valence-electron chi connectivity index (χ0n) is 7.41. The molecule has 4 nitrogen and oxygen atoms in total. The van der Waals surface area contributed by atoms with Gasteiger partial charge >= 0.3 is 0 Å². The Hall–Kier alpha value is -0.930. The second-order valence-corrected chi connectivity index (χ2v) is 2.71. The van der Waals surface area contributed by atoms with Crippen molar-refractivity contribution in [2.75, 3.05) is 7.05 Å². The van der Waals surface area contributed by atoms with E-state index in [-0.39, 0.29) is 5.96 Å². The summed E-state index contributed by atoms with van der Waals surface area (Å²) in [7, 11) is 1.81. The standard InChI is InChI=1S/C7H17N3O/c1-4-5-6(2)10(3)7(8)9-11/h6,11H,4-5H2,1-3H3,(H2,8,9). The lowest BCUT2D eigenvalue weighted by atomic mass is 10.2. The average molecular weight is 159 g/mol. The molecule has 3 N–H and O–H groups in total. The lowest BCUT2D eigenvalue weighted by Crippen LogP contribution is -2.40. The predicted molar refractivity (Wildman–Crippen MR) is 45.5 cm³/mol. The lowest BCUT2D eigenvalue weighted by molar-refractivity contribution is 0.289. The third-order valence-corrected chi connectivity index (χ3v) is 1.83. The number of hydrogen-bond donors (Lipinski definition) is 2. The second kappa shape index (κ2) is 4.82. The summed E-state index contributed by atoms with van der Waals surface area (Å²) in [6.07, 6.45) is 2.15. The summed E-state index contributed by atoms with van der Waals surface area (Å²) >= 11 is 0. The van der Waals surface area contributed by atoms with Crippen molar-refractivity contribution in [3.05, 3.63) is 0 Å². The monoisotopic (exact) mass is 159 g/mol. The molecular weight excluding hydrogens is 142 g/mol. The molecule has 11 heavy (non-hydrogen) atoms. The van der Waals surface area contributed by atoms with Crippen LogP contribution < -0.4 is 5.73 Å². The summed E-state index contributed by atoms with van der Waals surface area (Å²) in [4.78, 5) is 1.75. The van der Waals surface area contributed by atoms with Crippen molar-refractivity contribution in [3.63, 3.8) is 0 Å². The maximum absolute atomic E-state index is 8.34. The second-order valence-electron chi connectivity index (χ2n) is 2.71. The van der Waals surface area contributed by atoms with Gasteiger partial charge in [-0.05, 0) is 13.3 Å². The fourth-order valence-electron chi connectivity index (χ4n) is 0.908. The largest absolute Gasteiger partial charge is 0.408 e.